The van der Waals surface area contributed by atoms with Crippen molar-refractivity contribution in [3.63, 3.8) is 0 Å². The number of fused-ring (bicyclic) bond motifs is 2. The first-order valence-corrected chi connectivity index (χ1v) is 14.9. The zero-order chi connectivity index (χ0) is 26.2. The number of hydrogen-bond acceptors (Lipinski definition) is 5. The Bertz CT molecular complexity index is 1370. The zero-order valence-electron chi connectivity index (χ0n) is 22.7. The number of nitrogens with zero attached hydrogens (tertiary/aromatic N) is 4. The fraction of sp³-hybridized carbons (Fsp3) is 0.485. The van der Waals surface area contributed by atoms with Crippen LogP contribution in [0.15, 0.2) is 65.9 Å². The molecule has 7 rings (SSSR count). The highest BCUT2D eigenvalue weighted by Gasteiger charge is 2.46. The van der Waals surface area contributed by atoms with Gasteiger partial charge in [0.05, 0.1) is 0 Å². The third kappa shape index (κ3) is 5.44. The Hall–Kier alpha value is -3.25. The molecular weight excluding hydrogens is 484 g/mol. The van der Waals surface area contributed by atoms with E-state index in [9.17, 15) is 4.79 Å². The van der Waals surface area contributed by atoms with Gasteiger partial charge >= 0.3 is 0 Å². The lowest BCUT2D eigenvalue weighted by molar-refractivity contribution is -0.131. The molecule has 3 aromatic rings. The van der Waals surface area contributed by atoms with Crippen LogP contribution in [-0.2, 0) is 9.53 Å². The molecule has 0 spiro atoms. The third-order valence-electron chi connectivity index (χ3n) is 8.89. The Kier molecular flexibility index (Phi) is 6.81. The van der Waals surface area contributed by atoms with Crippen LogP contribution in [0.5, 0.6) is 0 Å². The molecule has 1 amide bonds. The lowest BCUT2D eigenvalue weighted by Gasteiger charge is -2.28. The van der Waals surface area contributed by atoms with Crippen LogP contribution in [0.4, 0.5) is 0 Å². The number of ether oxygens (including phenoxy) is 1. The first-order chi connectivity index (χ1) is 19.2. The molecule has 202 valence electrons. The summed E-state index contributed by atoms with van der Waals surface area (Å²) in [6.45, 7) is 3.50. The largest absolute Gasteiger partial charge is 0.348 e. The van der Waals surface area contributed by atoms with Gasteiger partial charge in [0.25, 0.3) is 0 Å². The number of amidine groups is 1. The number of amides is 1. The first kappa shape index (κ1) is 24.8. The SMILES string of the molecule is O=C(C1CC1)N1CCC(CN2C(c3ccc(-c4ccc5ccncc5c4)cc3)=NCCCCCCC3OC32)C1. The van der Waals surface area contributed by atoms with Gasteiger partial charge in [-0.25, -0.2) is 0 Å². The van der Waals surface area contributed by atoms with Crippen molar-refractivity contribution in [1.82, 2.24) is 14.8 Å². The van der Waals surface area contributed by atoms with Crippen LogP contribution >= 0.6 is 0 Å². The van der Waals surface area contributed by atoms with E-state index >= 15 is 0 Å². The molecule has 39 heavy (non-hydrogen) atoms. The molecule has 3 fully saturated rings. The smallest absolute Gasteiger partial charge is 0.225 e. The van der Waals surface area contributed by atoms with Gasteiger partial charge in [0.1, 0.15) is 11.9 Å². The second-order valence-corrected chi connectivity index (χ2v) is 11.9. The Morgan fingerprint density at radius 3 is 2.56 bits per heavy atom. The maximum Gasteiger partial charge on any atom is 0.225 e. The molecule has 3 atom stereocenters. The summed E-state index contributed by atoms with van der Waals surface area (Å²) in [6, 6.07) is 17.5. The van der Waals surface area contributed by atoms with Crippen LogP contribution in [0.1, 0.15) is 56.9 Å². The van der Waals surface area contributed by atoms with Crippen molar-refractivity contribution in [2.75, 3.05) is 26.2 Å². The number of aromatic nitrogens is 1. The number of benzene rings is 2. The fourth-order valence-electron chi connectivity index (χ4n) is 6.40. The highest BCUT2D eigenvalue weighted by molar-refractivity contribution is 5.99. The molecule has 4 aliphatic rings. The summed E-state index contributed by atoms with van der Waals surface area (Å²) in [4.78, 5) is 26.8. The number of rotatable bonds is 5. The lowest BCUT2D eigenvalue weighted by atomic mass is 10.0. The average Bonchev–Trinajstić information content (AvgIpc) is 3.90. The summed E-state index contributed by atoms with van der Waals surface area (Å²) in [7, 11) is 0. The van der Waals surface area contributed by atoms with E-state index in [1.54, 1.807) is 0 Å². The molecule has 3 unspecified atom stereocenters. The third-order valence-corrected chi connectivity index (χ3v) is 8.89. The predicted octanol–water partition coefficient (Wildman–Crippen LogP) is 5.90. The summed E-state index contributed by atoms with van der Waals surface area (Å²) < 4.78 is 6.28. The van der Waals surface area contributed by atoms with Gasteiger partial charge in [-0.2, -0.15) is 0 Å². The molecule has 4 heterocycles. The first-order valence-electron chi connectivity index (χ1n) is 14.9. The fourth-order valence-corrected chi connectivity index (χ4v) is 6.40. The maximum atomic E-state index is 12.7. The number of likely N-dealkylation sites (tertiary alicyclic amines) is 1. The van der Waals surface area contributed by atoms with E-state index < -0.39 is 0 Å². The van der Waals surface area contributed by atoms with E-state index in [0.717, 1.165) is 75.1 Å². The standard InChI is InChI=1S/C33H38N4O2/c38-32(27-11-12-27)36-18-15-23(21-36)22-37-31(35-16-4-2-1-3-5-30-33(37)39-30)26-9-6-24(7-10-26)28-13-8-25-14-17-34-20-29(25)19-28/h6-10,13-14,17,19-20,23,27,30,33H,1-5,11-12,15-16,18,21-22H2. The summed E-state index contributed by atoms with van der Waals surface area (Å²) in [5, 5.41) is 2.36. The molecule has 2 aromatic carbocycles. The van der Waals surface area contributed by atoms with Gasteiger partial charge in [0.15, 0.2) is 6.23 Å². The molecular formula is C33H38N4O2. The van der Waals surface area contributed by atoms with Crippen LogP contribution in [0.25, 0.3) is 21.9 Å². The molecule has 6 nitrogen and oxygen atoms in total. The minimum atomic E-state index is 0.0997. The number of carbonyl (C=O) groups excluding carboxylic acids is 1. The minimum Gasteiger partial charge on any atom is -0.348 e. The number of pyridine rings is 1. The van der Waals surface area contributed by atoms with Crippen LogP contribution in [0.2, 0.25) is 0 Å². The minimum absolute atomic E-state index is 0.0997. The van der Waals surface area contributed by atoms with Crippen molar-refractivity contribution in [3.05, 3.63) is 66.5 Å². The molecule has 2 saturated heterocycles. The van der Waals surface area contributed by atoms with Crippen molar-refractivity contribution in [2.45, 2.75) is 63.7 Å². The Balaban J connectivity index is 1.15. The van der Waals surface area contributed by atoms with Crippen LogP contribution in [0, 0.1) is 11.8 Å². The van der Waals surface area contributed by atoms with Gasteiger partial charge < -0.3 is 14.5 Å². The summed E-state index contributed by atoms with van der Waals surface area (Å²) in [5.74, 6) is 2.19. The quantitative estimate of drug-likeness (QED) is 0.392. The molecule has 1 aliphatic carbocycles. The highest BCUT2D eigenvalue weighted by Crippen LogP contribution is 2.36. The average molecular weight is 523 g/mol. The number of aliphatic imine (C=N–C) groups is 1. The molecule has 0 radical (unpaired) electrons. The number of hydrogen-bond donors (Lipinski definition) is 0. The molecule has 0 N–H and O–H groups in total. The normalized spacial score (nSPS) is 25.6. The maximum absolute atomic E-state index is 12.7. The zero-order valence-corrected chi connectivity index (χ0v) is 22.7. The molecule has 1 saturated carbocycles. The van der Waals surface area contributed by atoms with E-state index in [0.29, 0.717) is 23.8 Å². The Labute approximate surface area is 231 Å². The van der Waals surface area contributed by atoms with Crippen LogP contribution < -0.4 is 0 Å². The van der Waals surface area contributed by atoms with Crippen LogP contribution in [0.3, 0.4) is 0 Å². The van der Waals surface area contributed by atoms with E-state index in [2.05, 4.69) is 63.3 Å². The van der Waals surface area contributed by atoms with E-state index in [1.165, 1.54) is 35.8 Å². The van der Waals surface area contributed by atoms with Crippen molar-refractivity contribution < 1.29 is 9.53 Å². The van der Waals surface area contributed by atoms with Crippen molar-refractivity contribution in [3.8, 4) is 11.1 Å². The van der Waals surface area contributed by atoms with Gasteiger partial charge in [-0.1, -0.05) is 55.7 Å². The van der Waals surface area contributed by atoms with Gasteiger partial charge in [0, 0.05) is 55.4 Å². The number of epoxide rings is 1. The van der Waals surface area contributed by atoms with Crippen molar-refractivity contribution in [2.24, 2.45) is 16.8 Å². The van der Waals surface area contributed by atoms with Crippen molar-refractivity contribution in [1.29, 1.82) is 0 Å². The van der Waals surface area contributed by atoms with Gasteiger partial charge in [-0.05, 0) is 66.7 Å². The van der Waals surface area contributed by atoms with E-state index in [1.807, 2.05) is 12.4 Å². The molecule has 1 aromatic heterocycles. The van der Waals surface area contributed by atoms with Gasteiger partial charge in [0.2, 0.25) is 5.91 Å². The van der Waals surface area contributed by atoms with Gasteiger partial charge in [-0.15, -0.1) is 0 Å². The summed E-state index contributed by atoms with van der Waals surface area (Å²) >= 11 is 0. The molecule has 3 aliphatic heterocycles. The molecule has 6 heteroatoms. The second kappa shape index (κ2) is 10.7. The lowest BCUT2D eigenvalue weighted by Crippen LogP contribution is -2.40. The number of carbonyl (C=O) groups is 1. The Morgan fingerprint density at radius 1 is 0.872 bits per heavy atom. The summed E-state index contributed by atoms with van der Waals surface area (Å²) in [5.41, 5.74) is 3.54. The van der Waals surface area contributed by atoms with E-state index in [-0.39, 0.29) is 6.23 Å². The highest BCUT2D eigenvalue weighted by atomic mass is 16.6. The van der Waals surface area contributed by atoms with Crippen LogP contribution in [-0.4, -0.2) is 65.0 Å². The topological polar surface area (TPSA) is 61.3 Å². The van der Waals surface area contributed by atoms with Crippen molar-refractivity contribution >= 4 is 22.5 Å². The predicted molar refractivity (Wildman–Crippen MR) is 154 cm³/mol. The van der Waals surface area contributed by atoms with Gasteiger partial charge in [-0.3, -0.25) is 14.8 Å². The summed E-state index contributed by atoms with van der Waals surface area (Å²) in [6.07, 6.45) is 13.3. The Morgan fingerprint density at radius 2 is 1.69 bits per heavy atom. The van der Waals surface area contributed by atoms with E-state index in [4.69, 9.17) is 9.73 Å². The second-order valence-electron chi connectivity index (χ2n) is 11.9. The monoisotopic (exact) mass is 522 g/mol. The molecule has 0 bridgehead atoms.